The van der Waals surface area contributed by atoms with E-state index in [1.165, 1.54) is 0 Å². The van der Waals surface area contributed by atoms with Crippen molar-refractivity contribution in [2.24, 2.45) is 5.92 Å². The van der Waals surface area contributed by atoms with Gasteiger partial charge in [-0.05, 0) is 50.0 Å². The average Bonchev–Trinajstić information content (AvgIpc) is 2.43. The summed E-state index contributed by atoms with van der Waals surface area (Å²) < 4.78 is 6.46. The van der Waals surface area contributed by atoms with Crippen molar-refractivity contribution in [1.29, 1.82) is 0 Å². The second kappa shape index (κ2) is 5.51. The smallest absolute Gasteiger partial charge is 0.265 e. The highest BCUT2D eigenvalue weighted by Crippen LogP contribution is 2.35. The molecule has 0 unspecified atom stereocenters. The van der Waals surface area contributed by atoms with Crippen molar-refractivity contribution in [1.82, 2.24) is 5.32 Å². The first-order valence-corrected chi connectivity index (χ1v) is 7.47. The Kier molecular flexibility index (Phi) is 3.75. The van der Waals surface area contributed by atoms with Gasteiger partial charge in [0.2, 0.25) is 0 Å². The summed E-state index contributed by atoms with van der Waals surface area (Å²) in [7, 11) is 0. The van der Waals surface area contributed by atoms with E-state index in [1.54, 1.807) is 0 Å². The zero-order valence-corrected chi connectivity index (χ0v) is 12.3. The predicted molar refractivity (Wildman–Crippen MR) is 77.6 cm³/mol. The third kappa shape index (κ3) is 2.77. The number of ether oxygens (including phenoxy) is 1. The molecule has 1 N–H and O–H groups in total. The van der Waals surface area contributed by atoms with Gasteiger partial charge < -0.3 is 15.0 Å². The Morgan fingerprint density at radius 3 is 2.95 bits per heavy atom. The first-order chi connectivity index (χ1) is 9.24. The molecular weight excluding hydrogens is 308 g/mol. The topological polar surface area (TPSA) is 41.6 Å². The molecule has 1 saturated heterocycles. The van der Waals surface area contributed by atoms with Gasteiger partial charge in [-0.3, -0.25) is 4.79 Å². The van der Waals surface area contributed by atoms with Crippen LogP contribution in [0.2, 0.25) is 0 Å². The van der Waals surface area contributed by atoms with E-state index in [2.05, 4.69) is 21.2 Å². The molecule has 0 saturated carbocycles. The zero-order valence-electron chi connectivity index (χ0n) is 10.7. The van der Waals surface area contributed by atoms with Crippen LogP contribution in [0.15, 0.2) is 22.7 Å². The number of piperidine rings is 1. The SMILES string of the molecule is O=C1COc2ccc(Br)cc2N1CC1CCNCC1. The lowest BCUT2D eigenvalue weighted by atomic mass is 9.97. The van der Waals surface area contributed by atoms with Gasteiger partial charge in [-0.25, -0.2) is 0 Å². The molecular formula is C14H17BrN2O2. The molecule has 0 spiro atoms. The summed E-state index contributed by atoms with van der Waals surface area (Å²) in [4.78, 5) is 14.0. The molecule has 2 aliphatic heterocycles. The molecule has 0 radical (unpaired) electrons. The van der Waals surface area contributed by atoms with Crippen molar-refractivity contribution in [3.63, 3.8) is 0 Å². The quantitative estimate of drug-likeness (QED) is 0.906. The molecule has 0 atom stereocenters. The van der Waals surface area contributed by atoms with E-state index in [4.69, 9.17) is 4.74 Å². The lowest BCUT2D eigenvalue weighted by Crippen LogP contribution is -2.43. The molecule has 102 valence electrons. The predicted octanol–water partition coefficient (Wildman–Crippen LogP) is 2.17. The number of nitrogens with one attached hydrogen (secondary N) is 1. The van der Waals surface area contributed by atoms with Crippen LogP contribution in [0.25, 0.3) is 0 Å². The lowest BCUT2D eigenvalue weighted by molar-refractivity contribution is -0.121. The number of carbonyl (C=O) groups is 1. The second-order valence-electron chi connectivity index (χ2n) is 5.10. The Hall–Kier alpha value is -1.07. The average molecular weight is 325 g/mol. The van der Waals surface area contributed by atoms with Crippen LogP contribution in [-0.2, 0) is 4.79 Å². The van der Waals surface area contributed by atoms with Crippen molar-refractivity contribution in [3.8, 4) is 5.75 Å². The molecule has 1 aromatic carbocycles. The van der Waals surface area contributed by atoms with Crippen LogP contribution in [0.4, 0.5) is 5.69 Å². The minimum atomic E-state index is 0.0594. The van der Waals surface area contributed by atoms with E-state index in [-0.39, 0.29) is 12.5 Å². The lowest BCUT2D eigenvalue weighted by Gasteiger charge is -2.33. The van der Waals surface area contributed by atoms with Crippen LogP contribution in [0.5, 0.6) is 5.75 Å². The monoisotopic (exact) mass is 324 g/mol. The van der Waals surface area contributed by atoms with E-state index >= 15 is 0 Å². The van der Waals surface area contributed by atoms with Gasteiger partial charge in [-0.2, -0.15) is 0 Å². The number of hydrogen-bond donors (Lipinski definition) is 1. The Morgan fingerprint density at radius 2 is 2.16 bits per heavy atom. The van der Waals surface area contributed by atoms with E-state index in [1.807, 2.05) is 23.1 Å². The molecule has 1 amide bonds. The minimum Gasteiger partial charge on any atom is -0.482 e. The van der Waals surface area contributed by atoms with E-state index in [0.717, 1.165) is 48.4 Å². The van der Waals surface area contributed by atoms with Gasteiger partial charge in [0.15, 0.2) is 6.61 Å². The largest absolute Gasteiger partial charge is 0.482 e. The van der Waals surface area contributed by atoms with Crippen LogP contribution in [-0.4, -0.2) is 32.1 Å². The molecule has 19 heavy (non-hydrogen) atoms. The van der Waals surface area contributed by atoms with Crippen molar-refractivity contribution in [2.75, 3.05) is 31.1 Å². The summed E-state index contributed by atoms with van der Waals surface area (Å²) in [5.74, 6) is 1.44. The third-order valence-corrected chi connectivity index (χ3v) is 4.26. The number of hydrogen-bond acceptors (Lipinski definition) is 3. The van der Waals surface area contributed by atoms with Crippen LogP contribution in [0.3, 0.4) is 0 Å². The van der Waals surface area contributed by atoms with Gasteiger partial charge in [0.05, 0.1) is 5.69 Å². The Labute approximate surface area is 121 Å². The first kappa shape index (κ1) is 12.9. The molecule has 5 heteroatoms. The summed E-state index contributed by atoms with van der Waals surface area (Å²) >= 11 is 3.46. The zero-order chi connectivity index (χ0) is 13.2. The van der Waals surface area contributed by atoms with Crippen molar-refractivity contribution >= 4 is 27.5 Å². The third-order valence-electron chi connectivity index (χ3n) is 3.76. The fraction of sp³-hybridized carbons (Fsp3) is 0.500. The van der Waals surface area contributed by atoms with Gasteiger partial charge in [0.1, 0.15) is 5.75 Å². The van der Waals surface area contributed by atoms with Gasteiger partial charge >= 0.3 is 0 Å². The number of benzene rings is 1. The van der Waals surface area contributed by atoms with Gasteiger partial charge in [0.25, 0.3) is 5.91 Å². The van der Waals surface area contributed by atoms with E-state index < -0.39 is 0 Å². The Bertz CT molecular complexity index is 486. The molecule has 2 heterocycles. The number of fused-ring (bicyclic) bond motifs is 1. The first-order valence-electron chi connectivity index (χ1n) is 6.67. The molecule has 3 rings (SSSR count). The number of carbonyl (C=O) groups excluding carboxylic acids is 1. The standard InChI is InChI=1S/C14H17BrN2O2/c15-11-1-2-13-12(7-11)17(14(18)9-19-13)8-10-3-5-16-6-4-10/h1-2,7,10,16H,3-6,8-9H2. The van der Waals surface area contributed by atoms with Crippen LogP contribution in [0.1, 0.15) is 12.8 Å². The summed E-state index contributed by atoms with van der Waals surface area (Å²) in [6.45, 7) is 3.05. The molecule has 2 aliphatic rings. The Balaban J connectivity index is 1.83. The van der Waals surface area contributed by atoms with Gasteiger partial charge in [0, 0.05) is 11.0 Å². The van der Waals surface area contributed by atoms with Crippen LogP contribution >= 0.6 is 15.9 Å². The van der Waals surface area contributed by atoms with Crippen LogP contribution in [0, 0.1) is 5.92 Å². The fourth-order valence-electron chi connectivity index (χ4n) is 2.70. The van der Waals surface area contributed by atoms with E-state index in [0.29, 0.717) is 5.92 Å². The molecule has 0 bridgehead atoms. The van der Waals surface area contributed by atoms with E-state index in [9.17, 15) is 4.79 Å². The van der Waals surface area contributed by atoms with Crippen molar-refractivity contribution < 1.29 is 9.53 Å². The maximum Gasteiger partial charge on any atom is 0.265 e. The molecule has 1 fully saturated rings. The van der Waals surface area contributed by atoms with Gasteiger partial charge in [-0.1, -0.05) is 15.9 Å². The normalized spacial score (nSPS) is 20.1. The Morgan fingerprint density at radius 1 is 1.37 bits per heavy atom. The summed E-state index contributed by atoms with van der Waals surface area (Å²) in [5.41, 5.74) is 0.893. The minimum absolute atomic E-state index is 0.0594. The number of halogens is 1. The molecule has 1 aromatic rings. The van der Waals surface area contributed by atoms with Gasteiger partial charge in [-0.15, -0.1) is 0 Å². The summed E-state index contributed by atoms with van der Waals surface area (Å²) in [6, 6.07) is 5.83. The fourth-order valence-corrected chi connectivity index (χ4v) is 3.05. The molecule has 4 nitrogen and oxygen atoms in total. The number of rotatable bonds is 2. The molecule has 0 aliphatic carbocycles. The van der Waals surface area contributed by atoms with Crippen LogP contribution < -0.4 is 15.0 Å². The second-order valence-corrected chi connectivity index (χ2v) is 6.01. The number of amides is 1. The highest BCUT2D eigenvalue weighted by atomic mass is 79.9. The highest BCUT2D eigenvalue weighted by Gasteiger charge is 2.28. The highest BCUT2D eigenvalue weighted by molar-refractivity contribution is 9.10. The van der Waals surface area contributed by atoms with Crippen molar-refractivity contribution in [2.45, 2.75) is 12.8 Å². The van der Waals surface area contributed by atoms with Crippen molar-refractivity contribution in [3.05, 3.63) is 22.7 Å². The summed E-state index contributed by atoms with van der Waals surface area (Å²) in [5, 5.41) is 3.36. The summed E-state index contributed by atoms with van der Waals surface area (Å²) in [6.07, 6.45) is 2.27. The molecule has 0 aromatic heterocycles. The number of nitrogens with zero attached hydrogens (tertiary/aromatic N) is 1. The number of anilines is 1. The maximum absolute atomic E-state index is 12.1. The maximum atomic E-state index is 12.1.